The highest BCUT2D eigenvalue weighted by atomic mass is 16.2. The number of nitrogens with zero attached hydrogens (tertiary/aromatic N) is 2. The monoisotopic (exact) mass is 348 g/mol. The van der Waals surface area contributed by atoms with Crippen LogP contribution in [0.4, 0.5) is 5.82 Å². The van der Waals surface area contributed by atoms with Gasteiger partial charge >= 0.3 is 5.69 Å². The highest BCUT2D eigenvalue weighted by molar-refractivity contribution is 5.52. The predicted molar refractivity (Wildman–Crippen MR) is 102 cm³/mol. The molecule has 0 spiro atoms. The summed E-state index contributed by atoms with van der Waals surface area (Å²) >= 11 is 0. The molecule has 0 saturated carbocycles. The lowest BCUT2D eigenvalue weighted by Crippen LogP contribution is -2.42. The van der Waals surface area contributed by atoms with Crippen molar-refractivity contribution >= 4 is 5.82 Å². The van der Waals surface area contributed by atoms with Crippen LogP contribution in [0, 0.1) is 6.92 Å². The average molecular weight is 348 g/mol. The maximum absolute atomic E-state index is 12.5. The molecule has 0 aliphatic carbocycles. The molecule has 1 aromatic heterocycles. The summed E-state index contributed by atoms with van der Waals surface area (Å²) < 4.78 is 1.55. The van der Waals surface area contributed by atoms with Crippen LogP contribution in [0.5, 0.6) is 0 Å². The van der Waals surface area contributed by atoms with E-state index in [4.69, 9.17) is 0 Å². The molecule has 2 aromatic carbocycles. The van der Waals surface area contributed by atoms with E-state index in [0.29, 0.717) is 24.6 Å². The molecule has 0 saturated heterocycles. The van der Waals surface area contributed by atoms with Crippen molar-refractivity contribution in [1.29, 1.82) is 0 Å². The lowest BCUT2D eigenvalue weighted by molar-refractivity contribution is 0.263. The second-order valence-corrected chi connectivity index (χ2v) is 6.57. The van der Waals surface area contributed by atoms with Gasteiger partial charge in [-0.25, -0.2) is 9.36 Å². The fourth-order valence-electron chi connectivity index (χ4n) is 3.34. The molecule has 3 aromatic rings. The molecule has 1 aliphatic rings. The summed E-state index contributed by atoms with van der Waals surface area (Å²) in [4.78, 5) is 29.4. The summed E-state index contributed by atoms with van der Waals surface area (Å²) in [5.74, 6) is 0.577. The van der Waals surface area contributed by atoms with Crippen molar-refractivity contribution in [1.82, 2.24) is 14.5 Å². The van der Waals surface area contributed by atoms with Crippen molar-refractivity contribution in [2.75, 3.05) is 12.0 Å². The minimum Gasteiger partial charge on any atom is -0.358 e. The number of aromatic amines is 1. The third kappa shape index (κ3) is 3.07. The van der Waals surface area contributed by atoms with Crippen LogP contribution in [0.25, 0.3) is 5.69 Å². The topological polar surface area (TPSA) is 70.1 Å². The standard InChI is InChI=1S/C20H20N4O2/c1-14-6-5-9-16(10-14)24-18-17(19(25)22-20(24)26)12-23(13-21-18)11-15-7-3-2-4-8-15/h2-10,21H,11-13H2,1H3,(H,22,25,26). The van der Waals surface area contributed by atoms with Gasteiger partial charge in [-0.15, -0.1) is 0 Å². The summed E-state index contributed by atoms with van der Waals surface area (Å²) in [5, 5.41) is 3.27. The van der Waals surface area contributed by atoms with Gasteiger partial charge in [0.25, 0.3) is 5.56 Å². The van der Waals surface area contributed by atoms with E-state index in [1.54, 1.807) is 4.57 Å². The molecule has 0 unspecified atom stereocenters. The molecule has 0 fully saturated rings. The minimum absolute atomic E-state index is 0.334. The summed E-state index contributed by atoms with van der Waals surface area (Å²) in [6, 6.07) is 17.8. The Kier molecular flexibility index (Phi) is 4.18. The van der Waals surface area contributed by atoms with E-state index in [1.165, 1.54) is 5.56 Å². The lowest BCUT2D eigenvalue weighted by atomic mass is 10.1. The number of H-pyrrole nitrogens is 1. The van der Waals surface area contributed by atoms with Gasteiger partial charge in [-0.1, -0.05) is 42.5 Å². The number of nitrogens with one attached hydrogen (secondary N) is 2. The first-order valence-electron chi connectivity index (χ1n) is 8.57. The third-order valence-corrected chi connectivity index (χ3v) is 4.57. The van der Waals surface area contributed by atoms with Crippen molar-refractivity contribution in [3.63, 3.8) is 0 Å². The number of aryl methyl sites for hydroxylation is 1. The fraction of sp³-hybridized carbons (Fsp3) is 0.200. The zero-order valence-electron chi connectivity index (χ0n) is 14.5. The molecule has 132 valence electrons. The van der Waals surface area contributed by atoms with Gasteiger partial charge in [0.2, 0.25) is 0 Å². The number of hydrogen-bond donors (Lipinski definition) is 2. The van der Waals surface area contributed by atoms with Crippen LogP contribution in [0.1, 0.15) is 16.7 Å². The normalized spacial score (nSPS) is 13.9. The molecule has 0 radical (unpaired) electrons. The molecule has 26 heavy (non-hydrogen) atoms. The molecule has 6 nitrogen and oxygen atoms in total. The molecule has 2 N–H and O–H groups in total. The quantitative estimate of drug-likeness (QED) is 0.761. The van der Waals surface area contributed by atoms with Crippen LogP contribution in [0.2, 0.25) is 0 Å². The molecular weight excluding hydrogens is 328 g/mol. The van der Waals surface area contributed by atoms with Crippen molar-refractivity contribution < 1.29 is 0 Å². The van der Waals surface area contributed by atoms with Crippen molar-refractivity contribution in [2.45, 2.75) is 20.0 Å². The lowest BCUT2D eigenvalue weighted by Gasteiger charge is -2.30. The predicted octanol–water partition coefficient (Wildman–Crippen LogP) is 2.22. The molecule has 0 bridgehead atoms. The Balaban J connectivity index is 1.73. The Hall–Kier alpha value is -3.12. The van der Waals surface area contributed by atoms with Gasteiger partial charge in [-0.2, -0.15) is 0 Å². The van der Waals surface area contributed by atoms with Crippen molar-refractivity contribution in [3.05, 3.63) is 92.1 Å². The van der Waals surface area contributed by atoms with E-state index < -0.39 is 5.69 Å². The van der Waals surface area contributed by atoms with Crippen LogP contribution in [-0.2, 0) is 13.1 Å². The van der Waals surface area contributed by atoms with Gasteiger partial charge in [-0.3, -0.25) is 14.7 Å². The van der Waals surface area contributed by atoms with Gasteiger partial charge in [0.1, 0.15) is 5.82 Å². The zero-order valence-corrected chi connectivity index (χ0v) is 14.5. The van der Waals surface area contributed by atoms with E-state index >= 15 is 0 Å². The number of benzene rings is 2. The molecule has 1 aliphatic heterocycles. The van der Waals surface area contributed by atoms with Gasteiger partial charge in [-0.05, 0) is 30.2 Å². The number of aromatic nitrogens is 2. The van der Waals surface area contributed by atoms with E-state index in [9.17, 15) is 9.59 Å². The van der Waals surface area contributed by atoms with Crippen LogP contribution < -0.4 is 16.6 Å². The first-order chi connectivity index (χ1) is 12.6. The van der Waals surface area contributed by atoms with Gasteiger partial charge in [0, 0.05) is 13.1 Å². The van der Waals surface area contributed by atoms with Gasteiger partial charge in [0.15, 0.2) is 0 Å². The summed E-state index contributed by atoms with van der Waals surface area (Å²) in [5.41, 5.74) is 2.79. The molecule has 2 heterocycles. The van der Waals surface area contributed by atoms with Gasteiger partial charge in [0.05, 0.1) is 17.9 Å². The molecule has 6 heteroatoms. The Morgan fingerprint density at radius 1 is 1.04 bits per heavy atom. The second-order valence-electron chi connectivity index (χ2n) is 6.57. The Morgan fingerprint density at radius 3 is 2.62 bits per heavy atom. The van der Waals surface area contributed by atoms with E-state index in [1.807, 2.05) is 49.4 Å². The number of rotatable bonds is 3. The maximum atomic E-state index is 12.5. The van der Waals surface area contributed by atoms with E-state index in [2.05, 4.69) is 27.3 Å². The largest absolute Gasteiger partial charge is 0.358 e. The van der Waals surface area contributed by atoms with Crippen molar-refractivity contribution in [3.8, 4) is 5.69 Å². The maximum Gasteiger partial charge on any atom is 0.334 e. The summed E-state index contributed by atoms with van der Waals surface area (Å²) in [6.45, 7) is 3.76. The van der Waals surface area contributed by atoms with Crippen LogP contribution in [0.3, 0.4) is 0 Å². The number of hydrogen-bond acceptors (Lipinski definition) is 4. The molecule has 4 rings (SSSR count). The first-order valence-corrected chi connectivity index (χ1v) is 8.57. The highest BCUT2D eigenvalue weighted by Crippen LogP contribution is 2.22. The molecule has 0 atom stereocenters. The zero-order chi connectivity index (χ0) is 18.1. The van der Waals surface area contributed by atoms with Crippen LogP contribution in [0.15, 0.2) is 64.2 Å². The Labute approximate surface area is 150 Å². The Bertz CT molecular complexity index is 1050. The second kappa shape index (κ2) is 6.65. The minimum atomic E-state index is -0.427. The van der Waals surface area contributed by atoms with Crippen LogP contribution >= 0.6 is 0 Å². The fourth-order valence-corrected chi connectivity index (χ4v) is 3.34. The van der Waals surface area contributed by atoms with E-state index in [-0.39, 0.29) is 5.56 Å². The number of anilines is 1. The molecular formula is C20H20N4O2. The third-order valence-electron chi connectivity index (χ3n) is 4.57. The number of fused-ring (bicyclic) bond motifs is 1. The van der Waals surface area contributed by atoms with E-state index in [0.717, 1.165) is 17.8 Å². The highest BCUT2D eigenvalue weighted by Gasteiger charge is 2.23. The van der Waals surface area contributed by atoms with Gasteiger partial charge < -0.3 is 5.32 Å². The van der Waals surface area contributed by atoms with Crippen LogP contribution in [-0.4, -0.2) is 21.1 Å². The summed E-state index contributed by atoms with van der Waals surface area (Å²) in [7, 11) is 0. The van der Waals surface area contributed by atoms with Crippen molar-refractivity contribution in [2.24, 2.45) is 0 Å². The first kappa shape index (κ1) is 16.4. The Morgan fingerprint density at radius 2 is 1.85 bits per heavy atom. The molecule has 0 amide bonds. The smallest absolute Gasteiger partial charge is 0.334 e. The summed E-state index contributed by atoms with van der Waals surface area (Å²) in [6.07, 6.45) is 0. The SMILES string of the molecule is Cc1cccc(-n2c3c(c(=O)[nH]c2=O)CN(Cc2ccccc2)CN3)c1. The average Bonchev–Trinajstić information content (AvgIpc) is 2.63.